The fourth-order valence-corrected chi connectivity index (χ4v) is 4.16. The third-order valence-electron chi connectivity index (χ3n) is 6.01. The lowest BCUT2D eigenvalue weighted by molar-refractivity contribution is -0.140. The molecule has 0 saturated heterocycles. The normalized spacial score (nSPS) is 15.3. The Labute approximate surface area is 216 Å². The second kappa shape index (κ2) is 10.1. The van der Waals surface area contributed by atoms with E-state index in [0.29, 0.717) is 36.8 Å². The van der Waals surface area contributed by atoms with Crippen molar-refractivity contribution in [1.82, 2.24) is 24.8 Å². The highest BCUT2D eigenvalue weighted by Gasteiger charge is 2.35. The first-order valence-corrected chi connectivity index (χ1v) is 11.9. The molecular formula is C26H27F4N5O3. The van der Waals surface area contributed by atoms with Crippen LogP contribution in [0.2, 0.25) is 0 Å². The molecule has 2 aromatic heterocycles. The smallest absolute Gasteiger partial charge is 0.419 e. The maximum Gasteiger partial charge on any atom is 0.419 e. The van der Waals surface area contributed by atoms with E-state index >= 15 is 0 Å². The Morgan fingerprint density at radius 3 is 2.55 bits per heavy atom. The van der Waals surface area contributed by atoms with Crippen LogP contribution in [0.25, 0.3) is 11.2 Å². The van der Waals surface area contributed by atoms with Crippen LogP contribution in [0.5, 0.6) is 0 Å². The maximum atomic E-state index is 14.6. The van der Waals surface area contributed by atoms with Gasteiger partial charge >= 0.3 is 12.3 Å². The number of nitrogens with zero attached hydrogens (tertiary/aromatic N) is 4. The average Bonchev–Trinajstić information content (AvgIpc) is 3.30. The van der Waals surface area contributed by atoms with Gasteiger partial charge in [-0.25, -0.2) is 9.18 Å². The molecule has 4 rings (SSSR count). The van der Waals surface area contributed by atoms with Gasteiger partial charge in [-0.15, -0.1) is 10.2 Å². The zero-order valence-electron chi connectivity index (χ0n) is 21.3. The zero-order valence-corrected chi connectivity index (χ0v) is 21.3. The number of hydrogen-bond acceptors (Lipinski definition) is 5. The molecule has 3 aromatic rings. The number of fused-ring (bicyclic) bond motifs is 1. The summed E-state index contributed by atoms with van der Waals surface area (Å²) in [5.74, 6) is -2.04. The first-order valence-electron chi connectivity index (χ1n) is 11.9. The summed E-state index contributed by atoms with van der Waals surface area (Å²) in [7, 11) is 0. The number of hydrogen-bond donors (Lipinski definition) is 1. The Bertz CT molecular complexity index is 1410. The van der Waals surface area contributed by atoms with Crippen molar-refractivity contribution in [3.63, 3.8) is 0 Å². The van der Waals surface area contributed by atoms with Crippen LogP contribution < -0.4 is 5.32 Å². The molecule has 1 atom stereocenters. The summed E-state index contributed by atoms with van der Waals surface area (Å²) in [5, 5.41) is 10.6. The van der Waals surface area contributed by atoms with E-state index in [0.717, 1.165) is 11.6 Å². The van der Waals surface area contributed by atoms with Gasteiger partial charge in [0, 0.05) is 30.4 Å². The van der Waals surface area contributed by atoms with Crippen molar-refractivity contribution in [3.05, 3.63) is 70.9 Å². The van der Waals surface area contributed by atoms with E-state index in [2.05, 4.69) is 15.5 Å². The van der Waals surface area contributed by atoms with Crippen LogP contribution in [0.15, 0.2) is 42.9 Å². The second-order valence-corrected chi connectivity index (χ2v) is 10.0. The predicted octanol–water partition coefficient (Wildman–Crippen LogP) is 5.40. The summed E-state index contributed by atoms with van der Waals surface area (Å²) in [6, 6.07) is 3.51. The Balaban J connectivity index is 1.57. The largest absolute Gasteiger partial charge is 0.444 e. The van der Waals surface area contributed by atoms with Gasteiger partial charge < -0.3 is 15.0 Å². The van der Waals surface area contributed by atoms with E-state index in [1.165, 1.54) is 25.5 Å². The molecule has 12 heteroatoms. The Morgan fingerprint density at radius 2 is 1.92 bits per heavy atom. The van der Waals surface area contributed by atoms with Gasteiger partial charge in [-0.05, 0) is 51.8 Å². The van der Waals surface area contributed by atoms with E-state index in [1.807, 2.05) is 6.08 Å². The molecule has 202 valence electrons. The van der Waals surface area contributed by atoms with E-state index < -0.39 is 41.2 Å². The van der Waals surface area contributed by atoms with E-state index in [4.69, 9.17) is 4.74 Å². The molecule has 1 aliphatic rings. The van der Waals surface area contributed by atoms with Gasteiger partial charge in [0.2, 0.25) is 0 Å². The first-order chi connectivity index (χ1) is 17.7. The van der Waals surface area contributed by atoms with Crippen molar-refractivity contribution in [3.8, 4) is 0 Å². The summed E-state index contributed by atoms with van der Waals surface area (Å²) < 4.78 is 60.9. The van der Waals surface area contributed by atoms with Gasteiger partial charge in [0.15, 0.2) is 5.65 Å². The Kier molecular flexibility index (Phi) is 7.18. The highest BCUT2D eigenvalue weighted by molar-refractivity contribution is 5.96. The van der Waals surface area contributed by atoms with Crippen LogP contribution in [0.3, 0.4) is 0 Å². The van der Waals surface area contributed by atoms with Crippen molar-refractivity contribution in [1.29, 1.82) is 0 Å². The number of aromatic nitrogens is 3. The zero-order chi connectivity index (χ0) is 27.8. The minimum absolute atomic E-state index is 0.182. The number of ether oxygens (including phenoxy) is 1. The second-order valence-electron chi connectivity index (χ2n) is 10.0. The molecule has 0 aliphatic carbocycles. The Hall–Kier alpha value is -3.96. The van der Waals surface area contributed by atoms with E-state index in [1.54, 1.807) is 36.1 Å². The van der Waals surface area contributed by atoms with Gasteiger partial charge in [-0.3, -0.25) is 9.20 Å². The molecule has 38 heavy (non-hydrogen) atoms. The minimum atomic E-state index is -4.86. The number of halogens is 4. The third kappa shape index (κ3) is 5.79. The lowest BCUT2D eigenvalue weighted by Crippen LogP contribution is -2.39. The van der Waals surface area contributed by atoms with Crippen molar-refractivity contribution < 1.29 is 31.9 Å². The first kappa shape index (κ1) is 27.1. The molecule has 0 bridgehead atoms. The summed E-state index contributed by atoms with van der Waals surface area (Å²) in [6.07, 6.45) is -0.0604. The van der Waals surface area contributed by atoms with Crippen LogP contribution in [-0.4, -0.2) is 50.2 Å². The van der Waals surface area contributed by atoms with Gasteiger partial charge in [-0.1, -0.05) is 18.2 Å². The molecule has 1 aromatic carbocycles. The number of nitrogens with one attached hydrogen (secondary N) is 1. The lowest BCUT2D eigenvalue weighted by atomic mass is 9.98. The van der Waals surface area contributed by atoms with Gasteiger partial charge in [0.1, 0.15) is 17.7 Å². The van der Waals surface area contributed by atoms with Crippen LogP contribution in [0.4, 0.5) is 22.4 Å². The lowest BCUT2D eigenvalue weighted by Gasteiger charge is -2.29. The minimum Gasteiger partial charge on any atom is -0.444 e. The van der Waals surface area contributed by atoms with E-state index in [9.17, 15) is 27.2 Å². The summed E-state index contributed by atoms with van der Waals surface area (Å²) >= 11 is 0. The molecule has 0 radical (unpaired) electrons. The number of pyridine rings is 1. The quantitative estimate of drug-likeness (QED) is 0.454. The molecule has 1 N–H and O–H groups in total. The fourth-order valence-electron chi connectivity index (χ4n) is 4.16. The molecule has 0 saturated carbocycles. The number of rotatable bonds is 4. The Morgan fingerprint density at radius 1 is 1.18 bits per heavy atom. The van der Waals surface area contributed by atoms with Crippen LogP contribution in [0, 0.1) is 5.82 Å². The van der Waals surface area contributed by atoms with Gasteiger partial charge in [0.05, 0.1) is 17.2 Å². The SMILES string of the molecule is C[C@@H](NC(=O)c1cc(C2=CCN(C(=O)OC(C)(C)C)CC2)c2nncn2c1)c1cccc(C(F)(F)F)c1F. The maximum absolute atomic E-state index is 14.6. The van der Waals surface area contributed by atoms with Crippen LogP contribution in [0.1, 0.15) is 67.2 Å². The van der Waals surface area contributed by atoms with E-state index in [-0.39, 0.29) is 11.1 Å². The number of alkyl halides is 3. The third-order valence-corrected chi connectivity index (χ3v) is 6.01. The highest BCUT2D eigenvalue weighted by atomic mass is 19.4. The molecule has 2 amide bonds. The average molecular weight is 534 g/mol. The monoisotopic (exact) mass is 533 g/mol. The standard InChI is InChI=1S/C26H27F4N5O3/c1-15(18-6-5-7-20(21(18)27)26(28,29)30)32-23(36)17-12-19(22-33-31-14-35(22)13-17)16-8-10-34(11-9-16)24(37)38-25(2,3)4/h5-8,12-15H,9-11H2,1-4H3,(H,32,36)/t15-/m1/s1. The van der Waals surface area contributed by atoms with Crippen LogP contribution >= 0.6 is 0 Å². The van der Waals surface area contributed by atoms with Crippen LogP contribution in [-0.2, 0) is 10.9 Å². The summed E-state index contributed by atoms with van der Waals surface area (Å²) in [5.41, 5.74) is -0.154. The molecule has 0 unspecified atom stereocenters. The predicted molar refractivity (Wildman–Crippen MR) is 131 cm³/mol. The van der Waals surface area contributed by atoms with Crippen molar-refractivity contribution in [2.24, 2.45) is 0 Å². The summed E-state index contributed by atoms with van der Waals surface area (Å²) in [6.45, 7) is 7.46. The molecular weight excluding hydrogens is 506 g/mol. The summed E-state index contributed by atoms with van der Waals surface area (Å²) in [4.78, 5) is 27.1. The molecule has 0 spiro atoms. The molecule has 8 nitrogen and oxygen atoms in total. The molecule has 1 aliphatic heterocycles. The van der Waals surface area contributed by atoms with Gasteiger partial charge in [0.25, 0.3) is 5.91 Å². The van der Waals surface area contributed by atoms with Gasteiger partial charge in [-0.2, -0.15) is 13.2 Å². The number of carbonyl (C=O) groups excluding carboxylic acids is 2. The number of carbonyl (C=O) groups is 2. The number of amides is 2. The van der Waals surface area contributed by atoms with Crippen molar-refractivity contribution >= 4 is 23.2 Å². The number of benzene rings is 1. The van der Waals surface area contributed by atoms with Crippen molar-refractivity contribution in [2.45, 2.75) is 51.9 Å². The molecule has 3 heterocycles. The molecule has 0 fully saturated rings. The van der Waals surface area contributed by atoms with Crippen molar-refractivity contribution in [2.75, 3.05) is 13.1 Å². The topological polar surface area (TPSA) is 88.8 Å². The highest BCUT2D eigenvalue weighted by Crippen LogP contribution is 2.34. The fraction of sp³-hybridized carbons (Fsp3) is 0.385.